The molecule has 182 valence electrons. The summed E-state index contributed by atoms with van der Waals surface area (Å²) in [4.78, 5) is 29.3. The summed E-state index contributed by atoms with van der Waals surface area (Å²) >= 11 is 0. The van der Waals surface area contributed by atoms with E-state index in [-0.39, 0.29) is 31.4 Å². The number of oxime groups is 1. The lowest BCUT2D eigenvalue weighted by molar-refractivity contribution is -0.187. The molecule has 0 spiro atoms. The van der Waals surface area contributed by atoms with E-state index < -0.39 is 35.4 Å². The number of carboxylic acid groups (broad SMARTS) is 1. The summed E-state index contributed by atoms with van der Waals surface area (Å²) in [6.45, 7) is 1.90. The quantitative estimate of drug-likeness (QED) is 0.518. The average molecular weight is 479 g/mol. The summed E-state index contributed by atoms with van der Waals surface area (Å²) in [7, 11) is 1.23. The second-order valence-corrected chi connectivity index (χ2v) is 7.99. The maximum Gasteiger partial charge on any atom is 0.416 e. The van der Waals surface area contributed by atoms with Crippen LogP contribution in [0.1, 0.15) is 47.6 Å². The van der Waals surface area contributed by atoms with Crippen LogP contribution in [0.2, 0.25) is 0 Å². The number of alkyl halides is 3. The van der Waals surface area contributed by atoms with Gasteiger partial charge in [-0.1, -0.05) is 47.1 Å². The number of methoxy groups -OCH3 is 1. The molecule has 0 amide bonds. The smallest absolute Gasteiger partial charge is 0.416 e. The van der Waals surface area contributed by atoms with Gasteiger partial charge in [-0.05, 0) is 36.6 Å². The number of carboxylic acids is 1. The average Bonchev–Trinajstić information content (AvgIpc) is 3.24. The first-order chi connectivity index (χ1) is 16.0. The van der Waals surface area contributed by atoms with Gasteiger partial charge < -0.3 is 19.4 Å². The van der Waals surface area contributed by atoms with Gasteiger partial charge in [0.25, 0.3) is 5.60 Å². The molecule has 34 heavy (non-hydrogen) atoms. The van der Waals surface area contributed by atoms with Crippen molar-refractivity contribution in [3.05, 3.63) is 70.8 Å². The highest BCUT2D eigenvalue weighted by Crippen LogP contribution is 2.42. The normalized spacial score (nSPS) is 18.7. The minimum atomic E-state index is -4.55. The van der Waals surface area contributed by atoms with Gasteiger partial charge in [0, 0.05) is 6.42 Å². The Balaban J connectivity index is 1.91. The third-order valence-electron chi connectivity index (χ3n) is 5.51. The van der Waals surface area contributed by atoms with Crippen LogP contribution in [-0.2, 0) is 36.7 Å². The van der Waals surface area contributed by atoms with Crippen LogP contribution >= 0.6 is 0 Å². The zero-order chi connectivity index (χ0) is 24.9. The largest absolute Gasteiger partial charge is 0.478 e. The van der Waals surface area contributed by atoms with Crippen molar-refractivity contribution in [3.8, 4) is 0 Å². The number of aryl methyl sites for hydroxylation is 1. The van der Waals surface area contributed by atoms with Crippen molar-refractivity contribution in [2.24, 2.45) is 5.16 Å². The summed E-state index contributed by atoms with van der Waals surface area (Å²) in [5.41, 5.74) is -0.632. The minimum Gasteiger partial charge on any atom is -0.478 e. The molecule has 2 aromatic rings. The van der Waals surface area contributed by atoms with E-state index in [0.29, 0.717) is 5.71 Å². The highest BCUT2D eigenvalue weighted by molar-refractivity contribution is 5.95. The van der Waals surface area contributed by atoms with E-state index >= 15 is 0 Å². The molecule has 0 aliphatic carbocycles. The number of rotatable bonds is 9. The summed E-state index contributed by atoms with van der Waals surface area (Å²) in [6, 6.07) is 11.4. The van der Waals surface area contributed by atoms with Crippen molar-refractivity contribution in [1.29, 1.82) is 0 Å². The van der Waals surface area contributed by atoms with E-state index in [1.54, 1.807) is 12.1 Å². The zero-order valence-electron chi connectivity index (χ0n) is 18.6. The number of carbonyl (C=O) groups is 2. The predicted octanol–water partition coefficient (Wildman–Crippen LogP) is 4.82. The topological polar surface area (TPSA) is 94.4 Å². The van der Waals surface area contributed by atoms with Crippen LogP contribution in [0.15, 0.2) is 53.7 Å². The first-order valence-electron chi connectivity index (χ1n) is 10.4. The van der Waals surface area contributed by atoms with Crippen LogP contribution in [0.5, 0.6) is 0 Å². The fourth-order valence-electron chi connectivity index (χ4n) is 3.57. The van der Waals surface area contributed by atoms with E-state index in [2.05, 4.69) is 9.89 Å². The fraction of sp³-hybridized carbons (Fsp3) is 0.375. The van der Waals surface area contributed by atoms with E-state index in [9.17, 15) is 27.9 Å². The van der Waals surface area contributed by atoms with Gasteiger partial charge in [-0.2, -0.15) is 13.2 Å². The molecule has 1 N–H and O–H groups in total. The third-order valence-corrected chi connectivity index (χ3v) is 5.51. The Kier molecular flexibility index (Phi) is 7.61. The van der Waals surface area contributed by atoms with Crippen LogP contribution in [-0.4, -0.2) is 35.5 Å². The summed E-state index contributed by atoms with van der Waals surface area (Å²) < 4.78 is 49.7. The molecule has 2 unspecified atom stereocenters. The monoisotopic (exact) mass is 479 g/mol. The maximum atomic E-state index is 13.1. The van der Waals surface area contributed by atoms with Crippen molar-refractivity contribution < 1.29 is 42.2 Å². The van der Waals surface area contributed by atoms with Gasteiger partial charge in [-0.15, -0.1) is 0 Å². The Labute approximate surface area is 194 Å². The molecule has 0 saturated heterocycles. The predicted molar refractivity (Wildman–Crippen MR) is 115 cm³/mol. The lowest BCUT2D eigenvalue weighted by Gasteiger charge is -2.31. The van der Waals surface area contributed by atoms with Crippen LogP contribution < -0.4 is 0 Å². The number of nitrogens with zero attached hydrogens (tertiary/aromatic N) is 1. The first kappa shape index (κ1) is 25.2. The molecule has 7 nitrogen and oxygen atoms in total. The van der Waals surface area contributed by atoms with Crippen molar-refractivity contribution >= 4 is 17.7 Å². The molecule has 2 aromatic carbocycles. The lowest BCUT2D eigenvalue weighted by Crippen LogP contribution is -2.46. The van der Waals surface area contributed by atoms with Crippen molar-refractivity contribution in [2.45, 2.75) is 50.7 Å². The number of aliphatic carboxylic acids is 1. The second-order valence-electron chi connectivity index (χ2n) is 7.99. The van der Waals surface area contributed by atoms with Gasteiger partial charge in [0.15, 0.2) is 0 Å². The Morgan fingerprint density at radius 3 is 2.35 bits per heavy atom. The highest BCUT2D eigenvalue weighted by Gasteiger charge is 2.55. The molecule has 0 fully saturated rings. The van der Waals surface area contributed by atoms with E-state index in [1.165, 1.54) is 19.2 Å². The van der Waals surface area contributed by atoms with E-state index in [0.717, 1.165) is 23.3 Å². The van der Waals surface area contributed by atoms with Crippen LogP contribution in [0, 0.1) is 6.92 Å². The summed E-state index contributed by atoms with van der Waals surface area (Å²) in [5.74, 6) is -1.89. The molecule has 0 saturated carbocycles. The molecule has 2 atom stereocenters. The van der Waals surface area contributed by atoms with E-state index in [1.807, 2.05) is 19.1 Å². The zero-order valence-corrected chi connectivity index (χ0v) is 18.6. The van der Waals surface area contributed by atoms with Crippen molar-refractivity contribution in [2.75, 3.05) is 7.11 Å². The number of carbonyl (C=O) groups excluding carboxylic acids is 1. The molecule has 0 radical (unpaired) electrons. The molecule has 10 heteroatoms. The number of benzene rings is 2. The van der Waals surface area contributed by atoms with Crippen LogP contribution in [0.3, 0.4) is 0 Å². The van der Waals surface area contributed by atoms with Gasteiger partial charge in [0.1, 0.15) is 6.10 Å². The van der Waals surface area contributed by atoms with Crippen LogP contribution in [0.25, 0.3) is 0 Å². The molecule has 3 rings (SSSR count). The Hall–Kier alpha value is -3.40. The summed E-state index contributed by atoms with van der Waals surface area (Å²) in [6.07, 6.45) is -5.95. The molecule has 1 aliphatic rings. The molecular formula is C24H24F3NO6. The molecule has 1 heterocycles. The van der Waals surface area contributed by atoms with Gasteiger partial charge in [-0.3, -0.25) is 4.79 Å². The number of hydrogen-bond donors (Lipinski definition) is 1. The van der Waals surface area contributed by atoms with Crippen LogP contribution in [0.4, 0.5) is 13.2 Å². The molecular weight excluding hydrogens is 455 g/mol. The fourth-order valence-corrected chi connectivity index (χ4v) is 3.57. The van der Waals surface area contributed by atoms with Gasteiger partial charge in [-0.25, -0.2) is 4.79 Å². The first-order valence-corrected chi connectivity index (χ1v) is 10.4. The SMILES string of the molecule is COC(=O)CCC1=NOC(C(=O)O)(C(OCc2ccc(C)cc2)c2ccc(C(F)(F)F)cc2)C1. The number of hydrogen-bond acceptors (Lipinski definition) is 6. The highest BCUT2D eigenvalue weighted by atomic mass is 19.4. The lowest BCUT2D eigenvalue weighted by atomic mass is 9.85. The molecule has 0 bridgehead atoms. The second kappa shape index (κ2) is 10.3. The van der Waals surface area contributed by atoms with E-state index in [4.69, 9.17) is 9.57 Å². The van der Waals surface area contributed by atoms with Gasteiger partial charge >= 0.3 is 18.1 Å². The van der Waals surface area contributed by atoms with Gasteiger partial charge in [0.05, 0.1) is 31.4 Å². The molecule has 0 aromatic heterocycles. The van der Waals surface area contributed by atoms with Crippen molar-refractivity contribution in [1.82, 2.24) is 0 Å². The third kappa shape index (κ3) is 5.74. The number of halogens is 3. The Morgan fingerprint density at radius 2 is 1.79 bits per heavy atom. The van der Waals surface area contributed by atoms with Crippen molar-refractivity contribution in [3.63, 3.8) is 0 Å². The van der Waals surface area contributed by atoms with Gasteiger partial charge in [0.2, 0.25) is 0 Å². The Bertz CT molecular complexity index is 1050. The minimum absolute atomic E-state index is 0.0121. The standard InChI is InChI=1S/C24H24F3NO6/c1-15-3-5-16(6-4-15)14-33-21(17-7-9-18(10-8-17)24(25,26)27)23(22(30)31)13-19(28-34-23)11-12-20(29)32-2/h3-10,21H,11-14H2,1-2H3,(H,30,31). The number of esters is 1. The molecule has 1 aliphatic heterocycles. The Morgan fingerprint density at radius 1 is 1.15 bits per heavy atom. The number of ether oxygens (including phenoxy) is 2. The summed E-state index contributed by atoms with van der Waals surface area (Å²) in [5, 5.41) is 14.0. The maximum absolute atomic E-state index is 13.1.